The maximum atomic E-state index is 13.4. The Labute approximate surface area is 230 Å². The van der Waals surface area contributed by atoms with Crippen molar-refractivity contribution in [2.24, 2.45) is 50.7 Å². The van der Waals surface area contributed by atoms with Gasteiger partial charge in [0.2, 0.25) is 0 Å². The van der Waals surface area contributed by atoms with Crippen LogP contribution in [-0.2, 0) is 19.1 Å². The van der Waals surface area contributed by atoms with Gasteiger partial charge in [0.1, 0.15) is 11.5 Å². The quantitative estimate of drug-likeness (QED) is 0.371. The van der Waals surface area contributed by atoms with Crippen LogP contribution in [0.25, 0.3) is 0 Å². The molecule has 4 rings (SSSR count). The minimum Gasteiger partial charge on any atom is -0.481 e. The molecule has 1 N–H and O–H groups in total. The van der Waals surface area contributed by atoms with Crippen LogP contribution in [0.3, 0.4) is 0 Å². The molecule has 38 heavy (non-hydrogen) atoms. The van der Waals surface area contributed by atoms with E-state index in [1.807, 2.05) is 6.08 Å². The summed E-state index contributed by atoms with van der Waals surface area (Å²) in [6, 6.07) is 0. The van der Waals surface area contributed by atoms with E-state index < -0.39 is 23.5 Å². The predicted molar refractivity (Wildman–Crippen MR) is 149 cm³/mol. The van der Waals surface area contributed by atoms with Crippen molar-refractivity contribution in [3.8, 4) is 0 Å². The Morgan fingerprint density at radius 3 is 2.26 bits per heavy atom. The maximum absolute atomic E-state index is 13.4. The number of rotatable bonds is 5. The molecule has 0 heterocycles. The molecule has 0 aromatic heterocycles. The number of hydrogen-bond acceptors (Lipinski definition) is 4. The van der Waals surface area contributed by atoms with Gasteiger partial charge in [-0.2, -0.15) is 0 Å². The van der Waals surface area contributed by atoms with Crippen molar-refractivity contribution in [3.05, 3.63) is 11.6 Å². The molecule has 0 amide bonds. The van der Waals surface area contributed by atoms with E-state index in [-0.39, 0.29) is 33.4 Å². The molecule has 0 radical (unpaired) electrons. The number of carboxylic acid groups (broad SMARTS) is 1. The van der Waals surface area contributed by atoms with Crippen molar-refractivity contribution < 1.29 is 24.2 Å². The fourth-order valence-electron chi connectivity index (χ4n) is 9.80. The van der Waals surface area contributed by atoms with Crippen LogP contribution in [-0.4, -0.2) is 28.9 Å². The number of esters is 1. The first-order chi connectivity index (χ1) is 17.4. The molecular formula is C33H52O5. The highest BCUT2D eigenvalue weighted by Crippen LogP contribution is 2.68. The zero-order chi connectivity index (χ0) is 28.5. The summed E-state index contributed by atoms with van der Waals surface area (Å²) in [4.78, 5) is 38.2. The maximum Gasteiger partial charge on any atom is 0.313 e. The molecule has 4 aliphatic carbocycles. The lowest BCUT2D eigenvalue weighted by Crippen LogP contribution is -2.57. The summed E-state index contributed by atoms with van der Waals surface area (Å²) in [7, 11) is 0. The second kappa shape index (κ2) is 9.47. The van der Waals surface area contributed by atoms with E-state index in [2.05, 4.69) is 48.5 Å². The molecule has 5 heteroatoms. The predicted octanol–water partition coefficient (Wildman–Crippen LogP) is 7.62. The van der Waals surface area contributed by atoms with E-state index in [1.165, 1.54) is 31.8 Å². The van der Waals surface area contributed by atoms with E-state index >= 15 is 0 Å². The Morgan fingerprint density at radius 1 is 1.00 bits per heavy atom. The summed E-state index contributed by atoms with van der Waals surface area (Å²) in [5.41, 5.74) is -0.0626. The molecule has 0 aromatic rings. The minimum atomic E-state index is -1.17. The van der Waals surface area contributed by atoms with E-state index in [0.717, 1.165) is 19.3 Å². The number of carboxylic acids is 1. The molecule has 3 fully saturated rings. The monoisotopic (exact) mass is 528 g/mol. The summed E-state index contributed by atoms with van der Waals surface area (Å²) in [6.45, 7) is 19.4. The molecule has 0 saturated heterocycles. The first-order valence-corrected chi connectivity index (χ1v) is 15.1. The minimum absolute atomic E-state index is 0.0792. The normalized spacial score (nSPS) is 46.4. The van der Waals surface area contributed by atoms with Crippen LogP contribution < -0.4 is 0 Å². The molecule has 0 aromatic carbocycles. The third kappa shape index (κ3) is 4.38. The Kier molecular flexibility index (Phi) is 7.31. The molecule has 0 unspecified atom stereocenters. The molecule has 4 aliphatic rings. The highest BCUT2D eigenvalue weighted by Gasteiger charge is 2.62. The summed E-state index contributed by atoms with van der Waals surface area (Å²) >= 11 is 0. The van der Waals surface area contributed by atoms with Gasteiger partial charge in [0.25, 0.3) is 0 Å². The van der Waals surface area contributed by atoms with Gasteiger partial charge >= 0.3 is 11.9 Å². The van der Waals surface area contributed by atoms with Crippen LogP contribution >= 0.6 is 0 Å². The lowest BCUT2D eigenvalue weighted by molar-refractivity contribution is -0.188. The molecule has 0 bridgehead atoms. The van der Waals surface area contributed by atoms with E-state index in [1.54, 1.807) is 6.92 Å². The Morgan fingerprint density at radius 2 is 1.66 bits per heavy atom. The summed E-state index contributed by atoms with van der Waals surface area (Å²) < 4.78 is 5.64. The van der Waals surface area contributed by atoms with Crippen molar-refractivity contribution in [1.82, 2.24) is 0 Å². The molecule has 0 aliphatic heterocycles. The van der Waals surface area contributed by atoms with Crippen LogP contribution in [0.2, 0.25) is 0 Å². The van der Waals surface area contributed by atoms with E-state index in [9.17, 15) is 19.5 Å². The Hall–Kier alpha value is -1.65. The average molecular weight is 529 g/mol. The number of hydrogen-bond donors (Lipinski definition) is 1. The highest BCUT2D eigenvalue weighted by molar-refractivity contribution is 5.92. The summed E-state index contributed by atoms with van der Waals surface area (Å²) in [5, 5.41) is 10.5. The number of aliphatic carboxylic acids is 1. The number of fused-ring (bicyclic) bond motifs is 3. The second-order valence-corrected chi connectivity index (χ2v) is 15.4. The third-order valence-electron chi connectivity index (χ3n) is 12.9. The van der Waals surface area contributed by atoms with Gasteiger partial charge in [-0.3, -0.25) is 14.4 Å². The number of ketones is 1. The van der Waals surface area contributed by atoms with Gasteiger partial charge in [0, 0.05) is 13.3 Å². The molecular weight excluding hydrogens is 476 g/mol. The van der Waals surface area contributed by atoms with Crippen molar-refractivity contribution >= 4 is 17.7 Å². The van der Waals surface area contributed by atoms with Gasteiger partial charge < -0.3 is 9.84 Å². The number of carbonyl (C=O) groups is 3. The van der Waals surface area contributed by atoms with E-state index in [4.69, 9.17) is 4.74 Å². The molecule has 9 atom stereocenters. The van der Waals surface area contributed by atoms with Crippen LogP contribution in [0.1, 0.15) is 120 Å². The molecule has 0 spiro atoms. The first-order valence-electron chi connectivity index (χ1n) is 15.1. The Balaban J connectivity index is 1.69. The van der Waals surface area contributed by atoms with E-state index in [0.29, 0.717) is 37.0 Å². The largest absolute Gasteiger partial charge is 0.481 e. The van der Waals surface area contributed by atoms with Crippen LogP contribution in [0.4, 0.5) is 0 Å². The molecule has 5 nitrogen and oxygen atoms in total. The number of ether oxygens (including phenoxy) is 1. The van der Waals surface area contributed by atoms with Crippen LogP contribution in [0, 0.1) is 50.7 Å². The van der Waals surface area contributed by atoms with Crippen molar-refractivity contribution in [3.63, 3.8) is 0 Å². The first kappa shape index (κ1) is 29.3. The van der Waals surface area contributed by atoms with Crippen molar-refractivity contribution in [2.75, 3.05) is 0 Å². The van der Waals surface area contributed by atoms with Crippen molar-refractivity contribution in [2.45, 2.75) is 126 Å². The van der Waals surface area contributed by atoms with Crippen molar-refractivity contribution in [1.29, 1.82) is 0 Å². The average Bonchev–Trinajstić information content (AvgIpc) is 2.79. The van der Waals surface area contributed by atoms with Gasteiger partial charge in [-0.1, -0.05) is 54.0 Å². The fourth-order valence-corrected chi connectivity index (χ4v) is 9.80. The van der Waals surface area contributed by atoms with Gasteiger partial charge in [0.15, 0.2) is 5.78 Å². The van der Waals surface area contributed by atoms with Gasteiger partial charge in [0.05, 0.1) is 0 Å². The number of carbonyl (C=O) groups excluding carboxylic acids is 2. The Bertz CT molecular complexity index is 1030. The van der Waals surface area contributed by atoms with Gasteiger partial charge in [-0.25, -0.2) is 0 Å². The molecule has 214 valence electrons. The summed E-state index contributed by atoms with van der Waals surface area (Å²) in [6.07, 6.45) is 9.53. The lowest BCUT2D eigenvalue weighted by Gasteiger charge is -2.63. The smallest absolute Gasteiger partial charge is 0.313 e. The fraction of sp³-hybridized carbons (Fsp3) is 0.848. The SMILES string of the molecule is CC(=O)O[C@H]1CCC(C)(C)[C@H](CC[C@]2(C)CC(=O)C=C3[C@@H]4[C@@H](C)[C@@H](C)CC[C@]4(C)CC[C@@]32C)[C@@]1(C)C(=O)O. The number of allylic oxidation sites excluding steroid dienone is 2. The van der Waals surface area contributed by atoms with Crippen LogP contribution in [0.5, 0.6) is 0 Å². The summed E-state index contributed by atoms with van der Waals surface area (Å²) in [5.74, 6) is 0.376. The van der Waals surface area contributed by atoms with Gasteiger partial charge in [-0.05, 0) is 110 Å². The molecule has 3 saturated carbocycles. The zero-order valence-electron chi connectivity index (χ0n) is 25.4. The zero-order valence-corrected chi connectivity index (χ0v) is 25.4. The third-order valence-corrected chi connectivity index (χ3v) is 12.9. The highest BCUT2D eigenvalue weighted by atomic mass is 16.5. The second-order valence-electron chi connectivity index (χ2n) is 15.4. The topological polar surface area (TPSA) is 80.7 Å². The van der Waals surface area contributed by atoms with Gasteiger partial charge in [-0.15, -0.1) is 0 Å². The lowest BCUT2D eigenvalue weighted by atomic mass is 9.41. The standard InChI is InChI=1S/C33H52O5/c1-20-10-14-30(6)16-17-32(8)24(27(30)21(20)2)18-23(35)19-31(32,7)15-11-25-29(4,5)13-12-26(38-22(3)34)33(25,9)28(36)37/h18,20-21,25-27H,10-17,19H2,1-9H3,(H,36,37)/t20-,21-,25-,26-,27-,30+,31+,32-,33+/m0/s1. The van der Waals surface area contributed by atoms with Crippen LogP contribution in [0.15, 0.2) is 11.6 Å².